The van der Waals surface area contributed by atoms with Gasteiger partial charge < -0.3 is 9.84 Å². The van der Waals surface area contributed by atoms with Gasteiger partial charge in [0.25, 0.3) is 0 Å². The Morgan fingerprint density at radius 1 is 1.62 bits per heavy atom. The maximum Gasteiger partial charge on any atom is 0.240 e. The van der Waals surface area contributed by atoms with E-state index in [9.17, 15) is 4.79 Å². The molecule has 0 aliphatic heterocycles. The third-order valence-electron chi connectivity index (χ3n) is 2.33. The van der Waals surface area contributed by atoms with Crippen LogP contribution in [0, 0.1) is 6.92 Å². The van der Waals surface area contributed by atoms with E-state index in [1.807, 2.05) is 11.9 Å². The molecule has 6 nitrogen and oxygen atoms in total. The molecule has 1 heterocycles. The number of likely N-dealkylation sites (N-methyl/N-ethyl adjacent to an activating group) is 1. The number of carbonyl (C=O) groups is 1. The van der Waals surface area contributed by atoms with Crippen LogP contribution in [0.25, 0.3) is 0 Å². The molecule has 88 valence electrons. The number of nitrogens with one attached hydrogen (secondary N) is 1. The fraction of sp³-hybridized carbons (Fsp3) is 0.700. The first-order valence-electron chi connectivity index (χ1n) is 5.40. The SMILES string of the molecule is Cc1noc(CN(C)CC(=O)NC2CC2)n1. The van der Waals surface area contributed by atoms with Crippen LogP contribution in [0.4, 0.5) is 0 Å². The lowest BCUT2D eigenvalue weighted by Gasteiger charge is -2.13. The zero-order valence-corrected chi connectivity index (χ0v) is 9.56. The number of amides is 1. The van der Waals surface area contributed by atoms with Gasteiger partial charge in [-0.2, -0.15) is 4.98 Å². The monoisotopic (exact) mass is 224 g/mol. The number of carbonyl (C=O) groups excluding carboxylic acids is 1. The highest BCUT2D eigenvalue weighted by atomic mass is 16.5. The highest BCUT2D eigenvalue weighted by Gasteiger charge is 2.23. The second-order valence-electron chi connectivity index (χ2n) is 4.25. The van der Waals surface area contributed by atoms with Crippen molar-refractivity contribution in [3.8, 4) is 0 Å². The van der Waals surface area contributed by atoms with Gasteiger partial charge in [-0.3, -0.25) is 9.69 Å². The van der Waals surface area contributed by atoms with Crippen molar-refractivity contribution in [3.05, 3.63) is 11.7 Å². The van der Waals surface area contributed by atoms with Crippen LogP contribution >= 0.6 is 0 Å². The number of nitrogens with zero attached hydrogens (tertiary/aromatic N) is 3. The summed E-state index contributed by atoms with van der Waals surface area (Å²) < 4.78 is 4.98. The second-order valence-corrected chi connectivity index (χ2v) is 4.25. The maximum atomic E-state index is 11.5. The Balaban J connectivity index is 1.74. The Bertz CT molecular complexity index is 373. The van der Waals surface area contributed by atoms with Crippen LogP contribution < -0.4 is 5.32 Å². The molecule has 0 aromatic carbocycles. The van der Waals surface area contributed by atoms with E-state index in [0.717, 1.165) is 12.8 Å². The molecule has 1 fully saturated rings. The maximum absolute atomic E-state index is 11.5. The van der Waals surface area contributed by atoms with Gasteiger partial charge in [-0.25, -0.2) is 0 Å². The van der Waals surface area contributed by atoms with Crippen molar-refractivity contribution in [2.75, 3.05) is 13.6 Å². The zero-order chi connectivity index (χ0) is 11.5. The Morgan fingerprint density at radius 3 is 2.94 bits per heavy atom. The van der Waals surface area contributed by atoms with Gasteiger partial charge >= 0.3 is 0 Å². The first-order chi connectivity index (χ1) is 7.63. The summed E-state index contributed by atoms with van der Waals surface area (Å²) in [4.78, 5) is 17.4. The Morgan fingerprint density at radius 2 is 2.38 bits per heavy atom. The summed E-state index contributed by atoms with van der Waals surface area (Å²) >= 11 is 0. The summed E-state index contributed by atoms with van der Waals surface area (Å²) in [5, 5.41) is 6.62. The third kappa shape index (κ3) is 3.30. The Kier molecular flexibility index (Phi) is 3.19. The first kappa shape index (κ1) is 11.1. The molecule has 1 aromatic heterocycles. The molecule has 2 rings (SSSR count). The molecule has 0 unspecified atom stereocenters. The van der Waals surface area contributed by atoms with Crippen molar-refractivity contribution < 1.29 is 9.32 Å². The summed E-state index contributed by atoms with van der Waals surface area (Å²) in [5.74, 6) is 1.21. The van der Waals surface area contributed by atoms with Crippen LogP contribution in [-0.2, 0) is 11.3 Å². The van der Waals surface area contributed by atoms with Gasteiger partial charge in [-0.05, 0) is 26.8 Å². The molecule has 1 N–H and O–H groups in total. The van der Waals surface area contributed by atoms with E-state index in [2.05, 4.69) is 15.5 Å². The topological polar surface area (TPSA) is 71.3 Å². The highest BCUT2D eigenvalue weighted by molar-refractivity contribution is 5.78. The van der Waals surface area contributed by atoms with E-state index >= 15 is 0 Å². The van der Waals surface area contributed by atoms with Gasteiger partial charge in [0.05, 0.1) is 13.1 Å². The predicted molar refractivity (Wildman–Crippen MR) is 56.5 cm³/mol. The van der Waals surface area contributed by atoms with Crippen molar-refractivity contribution in [3.63, 3.8) is 0 Å². The lowest BCUT2D eigenvalue weighted by atomic mass is 10.4. The quantitative estimate of drug-likeness (QED) is 0.767. The molecular weight excluding hydrogens is 208 g/mol. The van der Waals surface area contributed by atoms with Crippen LogP contribution in [0.3, 0.4) is 0 Å². The number of hydrogen-bond donors (Lipinski definition) is 1. The predicted octanol–water partition coefficient (Wildman–Crippen LogP) is 0.0884. The van der Waals surface area contributed by atoms with Gasteiger partial charge in [-0.1, -0.05) is 5.16 Å². The highest BCUT2D eigenvalue weighted by Crippen LogP contribution is 2.18. The van der Waals surface area contributed by atoms with E-state index in [1.54, 1.807) is 6.92 Å². The average Bonchev–Trinajstić information content (AvgIpc) is 2.89. The van der Waals surface area contributed by atoms with Crippen molar-refractivity contribution in [2.24, 2.45) is 0 Å². The third-order valence-corrected chi connectivity index (χ3v) is 2.33. The molecule has 1 aliphatic rings. The van der Waals surface area contributed by atoms with E-state index < -0.39 is 0 Å². The summed E-state index contributed by atoms with van der Waals surface area (Å²) in [7, 11) is 1.85. The first-order valence-corrected chi connectivity index (χ1v) is 5.40. The Labute approximate surface area is 94.0 Å². The lowest BCUT2D eigenvalue weighted by molar-refractivity contribution is -0.122. The molecule has 0 radical (unpaired) electrons. The minimum atomic E-state index is 0.0567. The summed E-state index contributed by atoms with van der Waals surface area (Å²) in [6.07, 6.45) is 2.22. The summed E-state index contributed by atoms with van der Waals surface area (Å²) in [5.41, 5.74) is 0. The van der Waals surface area contributed by atoms with Crippen molar-refractivity contribution in [2.45, 2.75) is 32.4 Å². The second kappa shape index (κ2) is 4.61. The average molecular weight is 224 g/mol. The number of hydrogen-bond acceptors (Lipinski definition) is 5. The molecule has 0 bridgehead atoms. The zero-order valence-electron chi connectivity index (χ0n) is 9.56. The largest absolute Gasteiger partial charge is 0.352 e. The van der Waals surface area contributed by atoms with Gasteiger partial charge in [0, 0.05) is 6.04 Å². The van der Waals surface area contributed by atoms with E-state index in [1.165, 1.54) is 0 Å². The van der Waals surface area contributed by atoms with Crippen LogP contribution in [0.15, 0.2) is 4.52 Å². The van der Waals surface area contributed by atoms with Gasteiger partial charge in [0.15, 0.2) is 5.82 Å². The molecule has 1 aliphatic carbocycles. The molecule has 1 saturated carbocycles. The smallest absolute Gasteiger partial charge is 0.240 e. The molecule has 6 heteroatoms. The molecule has 0 spiro atoms. The number of aryl methyl sites for hydroxylation is 1. The van der Waals surface area contributed by atoms with E-state index in [0.29, 0.717) is 30.8 Å². The molecule has 0 saturated heterocycles. The summed E-state index contributed by atoms with van der Waals surface area (Å²) in [6.45, 7) is 2.63. The molecular formula is C10H16N4O2. The fourth-order valence-electron chi connectivity index (χ4n) is 1.44. The van der Waals surface area contributed by atoms with Crippen molar-refractivity contribution in [1.29, 1.82) is 0 Å². The molecule has 1 amide bonds. The van der Waals surface area contributed by atoms with Crippen LogP contribution in [0.1, 0.15) is 24.6 Å². The van der Waals surface area contributed by atoms with Gasteiger partial charge in [0.1, 0.15) is 0 Å². The van der Waals surface area contributed by atoms with Crippen LogP contribution in [-0.4, -0.2) is 40.6 Å². The standard InChI is InChI=1S/C10H16N4O2/c1-7-11-10(16-13-7)6-14(2)5-9(15)12-8-3-4-8/h8H,3-6H2,1-2H3,(H,12,15). The molecule has 1 aromatic rings. The minimum Gasteiger partial charge on any atom is -0.352 e. The van der Waals surface area contributed by atoms with Crippen molar-refractivity contribution in [1.82, 2.24) is 20.4 Å². The number of rotatable bonds is 5. The van der Waals surface area contributed by atoms with Gasteiger partial charge in [-0.15, -0.1) is 0 Å². The van der Waals surface area contributed by atoms with Gasteiger partial charge in [0.2, 0.25) is 11.8 Å². The van der Waals surface area contributed by atoms with Crippen molar-refractivity contribution >= 4 is 5.91 Å². The molecule has 16 heavy (non-hydrogen) atoms. The minimum absolute atomic E-state index is 0.0567. The fourth-order valence-corrected chi connectivity index (χ4v) is 1.44. The van der Waals surface area contributed by atoms with Crippen LogP contribution in [0.5, 0.6) is 0 Å². The van der Waals surface area contributed by atoms with E-state index in [-0.39, 0.29) is 5.91 Å². The Hall–Kier alpha value is -1.43. The normalized spacial score (nSPS) is 15.4. The van der Waals surface area contributed by atoms with E-state index in [4.69, 9.17) is 4.52 Å². The van der Waals surface area contributed by atoms with Crippen LogP contribution in [0.2, 0.25) is 0 Å². The number of aromatic nitrogens is 2. The summed E-state index contributed by atoms with van der Waals surface area (Å²) in [6, 6.07) is 0.409. The lowest BCUT2D eigenvalue weighted by Crippen LogP contribution is -2.36. The molecule has 0 atom stereocenters.